The van der Waals surface area contributed by atoms with Crippen molar-refractivity contribution < 1.29 is 8.42 Å². The average molecular weight is 309 g/mol. The maximum absolute atomic E-state index is 12.2. The summed E-state index contributed by atoms with van der Waals surface area (Å²) < 4.78 is 28.7. The second-order valence-electron chi connectivity index (χ2n) is 4.58. The minimum atomic E-state index is -3.58. The van der Waals surface area contributed by atoms with Gasteiger partial charge in [-0.1, -0.05) is 6.92 Å². The molecule has 0 saturated heterocycles. The quantitative estimate of drug-likeness (QED) is 0.827. The van der Waals surface area contributed by atoms with Gasteiger partial charge in [-0.05, 0) is 18.6 Å². The van der Waals surface area contributed by atoms with Gasteiger partial charge in [-0.2, -0.15) is 5.10 Å². The van der Waals surface area contributed by atoms with E-state index in [2.05, 4.69) is 20.1 Å². The Balaban J connectivity index is 2.13. The van der Waals surface area contributed by atoms with Crippen molar-refractivity contribution in [2.24, 2.45) is 7.05 Å². The molecule has 0 amide bonds. The number of nitrogens with zero attached hydrogens (tertiary/aromatic N) is 3. The van der Waals surface area contributed by atoms with Crippen LogP contribution in [0.25, 0.3) is 0 Å². The third-order valence-electron chi connectivity index (χ3n) is 3.08. The summed E-state index contributed by atoms with van der Waals surface area (Å²) in [4.78, 5) is 4.15. The topological polar surface area (TPSA) is 88.9 Å². The SMILES string of the molecule is CCc1nn(C)cc1CNS(=O)(=O)c1ccc(NC)nc1. The van der Waals surface area contributed by atoms with Gasteiger partial charge in [0.15, 0.2) is 0 Å². The molecule has 0 saturated carbocycles. The number of aryl methyl sites for hydroxylation is 2. The van der Waals surface area contributed by atoms with Gasteiger partial charge in [0.1, 0.15) is 10.7 Å². The first-order valence-electron chi connectivity index (χ1n) is 6.61. The van der Waals surface area contributed by atoms with Crippen molar-refractivity contribution >= 4 is 15.8 Å². The number of pyridine rings is 1. The van der Waals surface area contributed by atoms with Crippen molar-refractivity contribution in [3.8, 4) is 0 Å². The Morgan fingerprint density at radius 2 is 2.10 bits per heavy atom. The summed E-state index contributed by atoms with van der Waals surface area (Å²) in [5.74, 6) is 0.620. The number of sulfonamides is 1. The largest absolute Gasteiger partial charge is 0.373 e. The first kappa shape index (κ1) is 15.5. The van der Waals surface area contributed by atoms with Crippen LogP contribution in [0.3, 0.4) is 0 Å². The molecule has 0 aliphatic carbocycles. The smallest absolute Gasteiger partial charge is 0.242 e. The van der Waals surface area contributed by atoms with Crippen LogP contribution in [0.1, 0.15) is 18.2 Å². The lowest BCUT2D eigenvalue weighted by atomic mass is 10.2. The van der Waals surface area contributed by atoms with Crippen molar-refractivity contribution in [1.82, 2.24) is 19.5 Å². The molecular formula is C13H19N5O2S. The Bertz CT molecular complexity index is 707. The van der Waals surface area contributed by atoms with Crippen LogP contribution in [-0.4, -0.2) is 30.2 Å². The summed E-state index contributed by atoms with van der Waals surface area (Å²) in [7, 11) is -0.0338. The Hall–Kier alpha value is -1.93. The molecule has 0 aliphatic rings. The van der Waals surface area contributed by atoms with E-state index in [1.807, 2.05) is 20.2 Å². The molecular weight excluding hydrogens is 290 g/mol. The second-order valence-corrected chi connectivity index (χ2v) is 6.35. The van der Waals surface area contributed by atoms with Gasteiger partial charge >= 0.3 is 0 Å². The molecule has 2 N–H and O–H groups in total. The summed E-state index contributed by atoms with van der Waals surface area (Å²) in [6, 6.07) is 3.14. The number of aromatic nitrogens is 3. The minimum Gasteiger partial charge on any atom is -0.373 e. The molecule has 2 aromatic rings. The van der Waals surface area contributed by atoms with E-state index in [1.54, 1.807) is 17.8 Å². The van der Waals surface area contributed by atoms with Gasteiger partial charge in [0, 0.05) is 38.6 Å². The van der Waals surface area contributed by atoms with E-state index in [-0.39, 0.29) is 11.4 Å². The summed E-state index contributed by atoms with van der Waals surface area (Å²) in [6.07, 6.45) is 3.91. The number of nitrogens with one attached hydrogen (secondary N) is 2. The lowest BCUT2D eigenvalue weighted by Crippen LogP contribution is -2.23. The van der Waals surface area contributed by atoms with E-state index in [1.165, 1.54) is 12.3 Å². The second kappa shape index (κ2) is 6.23. The van der Waals surface area contributed by atoms with Crippen molar-refractivity contribution in [2.45, 2.75) is 24.8 Å². The number of hydrogen-bond acceptors (Lipinski definition) is 5. The third-order valence-corrected chi connectivity index (χ3v) is 4.47. The van der Waals surface area contributed by atoms with Gasteiger partial charge in [0.2, 0.25) is 10.0 Å². The Kier molecular flexibility index (Phi) is 4.59. The standard InChI is InChI=1S/C13H19N5O2S/c1-4-12-10(9-18(3)17-12)7-16-21(19,20)11-5-6-13(14-2)15-8-11/h5-6,8-9,16H,4,7H2,1-3H3,(H,14,15). The molecule has 0 fully saturated rings. The molecule has 0 radical (unpaired) electrons. The molecule has 7 nitrogen and oxygen atoms in total. The Morgan fingerprint density at radius 3 is 2.67 bits per heavy atom. The van der Waals surface area contributed by atoms with E-state index in [4.69, 9.17) is 0 Å². The molecule has 2 rings (SSSR count). The van der Waals surface area contributed by atoms with Gasteiger partial charge in [0.25, 0.3) is 0 Å². The van der Waals surface area contributed by atoms with Crippen LogP contribution in [-0.2, 0) is 30.0 Å². The summed E-state index contributed by atoms with van der Waals surface area (Å²) in [6.45, 7) is 2.20. The van der Waals surface area contributed by atoms with Gasteiger partial charge in [0.05, 0.1) is 5.69 Å². The van der Waals surface area contributed by atoms with Crippen LogP contribution >= 0.6 is 0 Å². The molecule has 2 heterocycles. The average Bonchev–Trinajstić information content (AvgIpc) is 2.85. The van der Waals surface area contributed by atoms with Crippen LogP contribution in [0.4, 0.5) is 5.82 Å². The summed E-state index contributed by atoms with van der Waals surface area (Å²) in [5, 5.41) is 7.13. The van der Waals surface area contributed by atoms with Gasteiger partial charge in [-0.25, -0.2) is 18.1 Å². The van der Waals surface area contributed by atoms with E-state index in [9.17, 15) is 8.42 Å². The monoisotopic (exact) mass is 309 g/mol. The number of hydrogen-bond donors (Lipinski definition) is 2. The zero-order valence-corrected chi connectivity index (χ0v) is 13.1. The van der Waals surface area contributed by atoms with Crippen molar-refractivity contribution in [2.75, 3.05) is 12.4 Å². The number of anilines is 1. The third kappa shape index (κ3) is 3.59. The Labute approximate surface area is 124 Å². The fourth-order valence-electron chi connectivity index (χ4n) is 1.97. The van der Waals surface area contributed by atoms with Crippen molar-refractivity contribution in [1.29, 1.82) is 0 Å². The highest BCUT2D eigenvalue weighted by Crippen LogP contribution is 2.12. The van der Waals surface area contributed by atoms with Crippen molar-refractivity contribution in [3.05, 3.63) is 35.8 Å². The van der Waals surface area contributed by atoms with Crippen LogP contribution in [0.5, 0.6) is 0 Å². The molecule has 0 atom stereocenters. The van der Waals surface area contributed by atoms with E-state index in [0.29, 0.717) is 5.82 Å². The van der Waals surface area contributed by atoms with Gasteiger partial charge < -0.3 is 5.32 Å². The predicted molar refractivity (Wildman–Crippen MR) is 80.4 cm³/mol. The maximum Gasteiger partial charge on any atom is 0.242 e. The van der Waals surface area contributed by atoms with Crippen LogP contribution in [0.15, 0.2) is 29.4 Å². The predicted octanol–water partition coefficient (Wildman–Crippen LogP) is 0.898. The lowest BCUT2D eigenvalue weighted by Gasteiger charge is -2.07. The fourth-order valence-corrected chi connectivity index (χ4v) is 2.92. The van der Waals surface area contributed by atoms with E-state index >= 15 is 0 Å². The zero-order chi connectivity index (χ0) is 15.5. The lowest BCUT2D eigenvalue weighted by molar-refractivity contribution is 0.580. The first-order valence-corrected chi connectivity index (χ1v) is 8.09. The van der Waals surface area contributed by atoms with Crippen LogP contribution in [0.2, 0.25) is 0 Å². The minimum absolute atomic E-state index is 0.142. The normalized spacial score (nSPS) is 11.6. The number of rotatable bonds is 6. The fraction of sp³-hybridized carbons (Fsp3) is 0.385. The van der Waals surface area contributed by atoms with E-state index < -0.39 is 10.0 Å². The zero-order valence-electron chi connectivity index (χ0n) is 12.3. The van der Waals surface area contributed by atoms with Gasteiger partial charge in [-0.15, -0.1) is 0 Å². The first-order chi connectivity index (χ1) is 9.96. The van der Waals surface area contributed by atoms with E-state index in [0.717, 1.165) is 17.7 Å². The maximum atomic E-state index is 12.2. The molecule has 0 aliphatic heterocycles. The molecule has 0 bridgehead atoms. The summed E-state index contributed by atoms with van der Waals surface area (Å²) in [5.41, 5.74) is 1.77. The highest BCUT2D eigenvalue weighted by atomic mass is 32.2. The summed E-state index contributed by atoms with van der Waals surface area (Å²) >= 11 is 0. The molecule has 0 spiro atoms. The molecule has 8 heteroatoms. The molecule has 0 aromatic carbocycles. The van der Waals surface area contributed by atoms with Crippen LogP contribution < -0.4 is 10.0 Å². The van der Waals surface area contributed by atoms with Crippen molar-refractivity contribution in [3.63, 3.8) is 0 Å². The molecule has 0 unspecified atom stereocenters. The van der Waals surface area contributed by atoms with Gasteiger partial charge in [-0.3, -0.25) is 4.68 Å². The molecule has 21 heavy (non-hydrogen) atoms. The molecule has 114 valence electrons. The highest BCUT2D eigenvalue weighted by Gasteiger charge is 2.16. The Morgan fingerprint density at radius 1 is 1.33 bits per heavy atom. The molecule has 2 aromatic heterocycles. The highest BCUT2D eigenvalue weighted by molar-refractivity contribution is 7.89. The van der Waals surface area contributed by atoms with Crippen LogP contribution in [0, 0.1) is 0 Å².